The molecule has 5 nitrogen and oxygen atoms in total. The molecule has 2 aromatic rings. The Balaban J connectivity index is 1.22. The number of nitrogens with zero attached hydrogens (tertiary/aromatic N) is 2. The van der Waals surface area contributed by atoms with E-state index in [0.717, 1.165) is 31.5 Å². The third kappa shape index (κ3) is 6.12. The summed E-state index contributed by atoms with van der Waals surface area (Å²) in [5.41, 5.74) is 2.26. The molecule has 1 amide bonds. The maximum absolute atomic E-state index is 13.5. The lowest BCUT2D eigenvalue weighted by atomic mass is 9.85. The van der Waals surface area contributed by atoms with E-state index in [4.69, 9.17) is 0 Å². The van der Waals surface area contributed by atoms with Gasteiger partial charge in [-0.05, 0) is 73.6 Å². The Hall–Kier alpha value is -2.37. The predicted octanol–water partition coefficient (Wildman–Crippen LogP) is 5.12. The first kappa shape index (κ1) is 25.3. The van der Waals surface area contributed by atoms with Gasteiger partial charge >= 0.3 is 0 Å². The Morgan fingerprint density at radius 2 is 1.67 bits per heavy atom. The molecule has 0 aromatic heterocycles. The monoisotopic (exact) mass is 490 g/mol. The molecule has 3 aliphatic rings. The predicted molar refractivity (Wildman–Crippen MR) is 143 cm³/mol. The number of aliphatic hydroxyl groups is 1. The van der Waals surface area contributed by atoms with Gasteiger partial charge in [-0.15, -0.1) is 0 Å². The topological polar surface area (TPSA) is 64.0 Å². The van der Waals surface area contributed by atoms with Crippen LogP contribution in [-0.4, -0.2) is 63.7 Å². The normalized spacial score (nSPS) is 25.5. The number of fused-ring (bicyclic) bond motifs is 2. The smallest absolute Gasteiger partial charge is 0.251 e. The first-order valence-electron chi connectivity index (χ1n) is 14.1. The van der Waals surface area contributed by atoms with Gasteiger partial charge in [0, 0.05) is 38.1 Å². The van der Waals surface area contributed by atoms with Crippen molar-refractivity contribution in [3.05, 3.63) is 65.7 Å². The molecule has 2 heterocycles. The van der Waals surface area contributed by atoms with Gasteiger partial charge in [0.05, 0.1) is 0 Å². The van der Waals surface area contributed by atoms with Crippen LogP contribution in [0.4, 0.5) is 0 Å². The number of carbonyl (C=O) groups is 1. The van der Waals surface area contributed by atoms with E-state index in [1.54, 1.807) is 6.07 Å². The second-order valence-electron chi connectivity index (χ2n) is 11.4. The molecular weight excluding hydrogens is 448 g/mol. The SMILES string of the molecule is O=C([C@@H](O)Cc1ccccc1)N(CCN1C2CCC1CC(c1cccc(O)c1)C2)CC1CCCCC1. The summed E-state index contributed by atoms with van der Waals surface area (Å²) in [5, 5.41) is 20.8. The molecule has 1 aliphatic carbocycles. The van der Waals surface area contributed by atoms with Crippen molar-refractivity contribution in [1.82, 2.24) is 9.80 Å². The van der Waals surface area contributed by atoms with E-state index < -0.39 is 6.10 Å². The molecule has 2 saturated heterocycles. The van der Waals surface area contributed by atoms with Crippen molar-refractivity contribution in [3.8, 4) is 5.75 Å². The summed E-state index contributed by atoms with van der Waals surface area (Å²) in [7, 11) is 0. The van der Waals surface area contributed by atoms with Crippen molar-refractivity contribution in [2.24, 2.45) is 5.92 Å². The molecule has 3 fully saturated rings. The molecule has 2 bridgehead atoms. The maximum atomic E-state index is 13.5. The van der Waals surface area contributed by atoms with Gasteiger partial charge in [0.1, 0.15) is 11.9 Å². The van der Waals surface area contributed by atoms with Gasteiger partial charge in [0.2, 0.25) is 0 Å². The van der Waals surface area contributed by atoms with Crippen LogP contribution in [0.3, 0.4) is 0 Å². The third-order valence-corrected chi connectivity index (χ3v) is 8.93. The van der Waals surface area contributed by atoms with E-state index in [-0.39, 0.29) is 5.91 Å². The molecule has 3 atom stereocenters. The summed E-state index contributed by atoms with van der Waals surface area (Å²) in [5.74, 6) is 1.30. The second-order valence-corrected chi connectivity index (χ2v) is 11.4. The summed E-state index contributed by atoms with van der Waals surface area (Å²) < 4.78 is 0. The van der Waals surface area contributed by atoms with Gasteiger partial charge in [-0.2, -0.15) is 0 Å². The van der Waals surface area contributed by atoms with Gasteiger partial charge in [-0.1, -0.05) is 61.7 Å². The van der Waals surface area contributed by atoms with Gasteiger partial charge in [0.25, 0.3) is 5.91 Å². The third-order valence-electron chi connectivity index (χ3n) is 8.93. The lowest BCUT2D eigenvalue weighted by Crippen LogP contribution is -2.49. The number of hydrogen-bond donors (Lipinski definition) is 2. The van der Waals surface area contributed by atoms with Crippen molar-refractivity contribution in [2.45, 2.75) is 88.3 Å². The van der Waals surface area contributed by atoms with Crippen LogP contribution in [0.2, 0.25) is 0 Å². The molecule has 0 spiro atoms. The second kappa shape index (κ2) is 11.8. The zero-order valence-corrected chi connectivity index (χ0v) is 21.5. The molecule has 5 heteroatoms. The number of hydrogen-bond acceptors (Lipinski definition) is 4. The zero-order chi connectivity index (χ0) is 24.9. The zero-order valence-electron chi connectivity index (χ0n) is 21.5. The van der Waals surface area contributed by atoms with Crippen molar-refractivity contribution < 1.29 is 15.0 Å². The summed E-state index contributed by atoms with van der Waals surface area (Å²) in [4.78, 5) is 18.1. The Bertz CT molecular complexity index is 976. The molecule has 2 aliphatic heterocycles. The molecular formula is C31H42N2O3. The molecule has 36 heavy (non-hydrogen) atoms. The lowest BCUT2D eigenvalue weighted by Gasteiger charge is -2.41. The Kier molecular flexibility index (Phi) is 8.28. The number of aliphatic hydroxyl groups excluding tert-OH is 1. The Labute approximate surface area is 216 Å². The van der Waals surface area contributed by atoms with E-state index >= 15 is 0 Å². The maximum Gasteiger partial charge on any atom is 0.251 e. The van der Waals surface area contributed by atoms with E-state index in [9.17, 15) is 15.0 Å². The fraction of sp³-hybridized carbons (Fsp3) is 0.581. The fourth-order valence-corrected chi connectivity index (χ4v) is 7.03. The standard InChI is InChI=1S/C31H42N2O3/c34-29-13-7-12-25(21-29)26-19-27-14-15-28(20-26)33(27)17-16-32(22-24-10-5-2-6-11-24)31(36)30(35)18-23-8-3-1-4-9-23/h1,3-4,7-9,12-13,21,24,26-28,30,34-35H,2,5-6,10-11,14-20,22H2/t26?,27?,28?,30-/m0/s1. The number of phenols is 1. The van der Waals surface area contributed by atoms with Gasteiger partial charge in [0.15, 0.2) is 0 Å². The van der Waals surface area contributed by atoms with E-state index in [0.29, 0.717) is 42.6 Å². The summed E-state index contributed by atoms with van der Waals surface area (Å²) in [6.45, 7) is 2.36. The minimum atomic E-state index is -0.982. The van der Waals surface area contributed by atoms with Crippen LogP contribution in [0.15, 0.2) is 54.6 Å². The highest BCUT2D eigenvalue weighted by Gasteiger charge is 2.41. The lowest BCUT2D eigenvalue weighted by molar-refractivity contribution is -0.141. The Morgan fingerprint density at radius 1 is 0.944 bits per heavy atom. The molecule has 2 N–H and O–H groups in total. The average Bonchev–Trinajstić information content (AvgIpc) is 3.13. The van der Waals surface area contributed by atoms with E-state index in [1.807, 2.05) is 47.4 Å². The van der Waals surface area contributed by atoms with Gasteiger partial charge < -0.3 is 15.1 Å². The Morgan fingerprint density at radius 3 is 2.36 bits per heavy atom. The van der Waals surface area contributed by atoms with Crippen molar-refractivity contribution in [3.63, 3.8) is 0 Å². The van der Waals surface area contributed by atoms with E-state index in [1.165, 1.54) is 50.5 Å². The summed E-state index contributed by atoms with van der Waals surface area (Å²) >= 11 is 0. The number of amides is 1. The molecule has 194 valence electrons. The van der Waals surface area contributed by atoms with Crippen molar-refractivity contribution >= 4 is 5.91 Å². The van der Waals surface area contributed by atoms with Crippen LogP contribution in [-0.2, 0) is 11.2 Å². The van der Waals surface area contributed by atoms with Crippen molar-refractivity contribution in [2.75, 3.05) is 19.6 Å². The van der Waals surface area contributed by atoms with Crippen LogP contribution in [0, 0.1) is 5.92 Å². The van der Waals surface area contributed by atoms with Crippen LogP contribution in [0.5, 0.6) is 5.75 Å². The van der Waals surface area contributed by atoms with E-state index in [2.05, 4.69) is 11.0 Å². The first-order valence-corrected chi connectivity index (χ1v) is 14.1. The molecule has 1 saturated carbocycles. The summed E-state index contributed by atoms with van der Waals surface area (Å²) in [6.07, 6.45) is 10.3. The quantitative estimate of drug-likeness (QED) is 0.512. The van der Waals surface area contributed by atoms with Crippen LogP contribution in [0.25, 0.3) is 0 Å². The molecule has 0 radical (unpaired) electrons. The highest BCUT2D eigenvalue weighted by molar-refractivity contribution is 5.81. The molecule has 2 unspecified atom stereocenters. The first-order chi connectivity index (χ1) is 17.6. The highest BCUT2D eigenvalue weighted by atomic mass is 16.3. The molecule has 5 rings (SSSR count). The number of rotatable bonds is 9. The minimum Gasteiger partial charge on any atom is -0.508 e. The fourth-order valence-electron chi connectivity index (χ4n) is 7.03. The summed E-state index contributed by atoms with van der Waals surface area (Å²) in [6, 6.07) is 18.7. The number of phenolic OH excluding ortho intramolecular Hbond substituents is 1. The van der Waals surface area contributed by atoms with Crippen molar-refractivity contribution in [1.29, 1.82) is 0 Å². The van der Waals surface area contributed by atoms with Crippen LogP contribution in [0.1, 0.15) is 74.8 Å². The highest BCUT2D eigenvalue weighted by Crippen LogP contribution is 2.43. The number of benzene rings is 2. The van der Waals surface area contributed by atoms with Crippen LogP contribution < -0.4 is 0 Å². The average molecular weight is 491 g/mol. The number of aromatic hydroxyl groups is 1. The minimum absolute atomic E-state index is 0.105. The van der Waals surface area contributed by atoms with Gasteiger partial charge in [-0.25, -0.2) is 0 Å². The number of carbonyl (C=O) groups excluding carboxylic acids is 1. The van der Waals surface area contributed by atoms with Gasteiger partial charge in [-0.3, -0.25) is 9.69 Å². The largest absolute Gasteiger partial charge is 0.508 e. The molecule has 2 aromatic carbocycles. The van der Waals surface area contributed by atoms with Crippen LogP contribution >= 0.6 is 0 Å². The number of piperidine rings is 1.